The van der Waals surface area contributed by atoms with Gasteiger partial charge < -0.3 is 29.5 Å². The Morgan fingerprint density at radius 2 is 2.16 bits per heavy atom. The van der Waals surface area contributed by atoms with Gasteiger partial charge in [0.15, 0.2) is 26.9 Å². The first-order chi connectivity index (χ1) is 15.5. The molecule has 0 aliphatic carbocycles. The average Bonchev–Trinajstić information content (AvgIpc) is 3.42. The maximum absolute atomic E-state index is 12.5. The number of benzene rings is 1. The van der Waals surface area contributed by atoms with Crippen LogP contribution in [0.4, 0.5) is 5.95 Å². The van der Waals surface area contributed by atoms with E-state index in [0.29, 0.717) is 9.50 Å². The minimum Gasteiger partial charge on any atom is -0.386 e. The first-order valence-corrected chi connectivity index (χ1v) is 12.2. The van der Waals surface area contributed by atoms with Crippen LogP contribution in [0.25, 0.3) is 21.4 Å². The number of ether oxygens (including phenoxy) is 1. The Hall–Kier alpha value is -2.16. The second-order valence-corrected chi connectivity index (χ2v) is 10.3. The van der Waals surface area contributed by atoms with Crippen LogP contribution in [0.15, 0.2) is 38.6 Å². The van der Waals surface area contributed by atoms with Crippen LogP contribution in [0.5, 0.6) is 0 Å². The number of nitrogen functional groups attached to an aromatic ring is 1. The Morgan fingerprint density at radius 1 is 1.31 bits per heavy atom. The molecule has 32 heavy (non-hydrogen) atoms. The second-order valence-electron chi connectivity index (χ2n) is 7.10. The van der Waals surface area contributed by atoms with E-state index in [2.05, 4.69) is 19.9 Å². The maximum atomic E-state index is 12.5. The molecule has 166 valence electrons. The minimum atomic E-state index is -2.10. The van der Waals surface area contributed by atoms with Gasteiger partial charge in [-0.2, -0.15) is 4.98 Å². The number of nitrogens with one attached hydrogen (secondary N) is 1. The van der Waals surface area contributed by atoms with E-state index in [4.69, 9.17) is 19.5 Å². The molecule has 12 nitrogen and oxygen atoms in total. The lowest BCUT2D eigenvalue weighted by atomic mass is 10.1. The van der Waals surface area contributed by atoms with Crippen molar-refractivity contribution < 1.29 is 23.8 Å². The fourth-order valence-electron chi connectivity index (χ4n) is 3.72. The number of H-pyrrole nitrogens is 1. The fraction of sp³-hybridized carbons (Fsp3) is 0.294. The number of rotatable bonds is 3. The molecule has 1 aromatic carbocycles. The summed E-state index contributed by atoms with van der Waals surface area (Å²) in [6.45, 7) is 0.0591. The SMILES string of the molecule is Nc1nc2c(nc(Sc3nc4ccccc4s3)n2C2OC3COP(O)OC3C2O)c(=O)[nH]1. The largest absolute Gasteiger partial charge is 0.386 e. The van der Waals surface area contributed by atoms with Gasteiger partial charge in [0.25, 0.3) is 5.56 Å². The van der Waals surface area contributed by atoms with E-state index < -0.39 is 38.7 Å². The van der Waals surface area contributed by atoms with E-state index >= 15 is 0 Å². The molecule has 5 atom stereocenters. The highest BCUT2D eigenvalue weighted by atomic mass is 32.2. The number of fused-ring (bicyclic) bond motifs is 3. The third-order valence-corrected chi connectivity index (χ3v) is 7.98. The second kappa shape index (κ2) is 7.71. The van der Waals surface area contributed by atoms with E-state index in [1.54, 1.807) is 0 Å². The zero-order valence-corrected chi connectivity index (χ0v) is 18.5. The molecule has 0 spiro atoms. The molecule has 0 saturated carbocycles. The molecule has 5 heterocycles. The first-order valence-electron chi connectivity index (χ1n) is 9.41. The number of aliphatic hydroxyl groups excluding tert-OH is 1. The number of aromatic nitrogens is 5. The van der Waals surface area contributed by atoms with E-state index in [-0.39, 0.29) is 23.7 Å². The van der Waals surface area contributed by atoms with Crippen molar-refractivity contribution in [3.05, 3.63) is 34.6 Å². The number of hydrogen-bond donors (Lipinski definition) is 4. The first kappa shape index (κ1) is 20.4. The van der Waals surface area contributed by atoms with Crippen molar-refractivity contribution in [1.29, 1.82) is 0 Å². The number of nitrogens with two attached hydrogens (primary N) is 1. The zero-order chi connectivity index (χ0) is 22.0. The van der Waals surface area contributed by atoms with Gasteiger partial charge in [-0.25, -0.2) is 9.97 Å². The molecule has 2 fully saturated rings. The number of imidazole rings is 1. The number of aliphatic hydroxyl groups is 1. The van der Waals surface area contributed by atoms with Gasteiger partial charge >= 0.3 is 8.60 Å². The molecular formula is C17H15N6O6PS2. The highest BCUT2D eigenvalue weighted by molar-refractivity contribution is 8.01. The lowest BCUT2D eigenvalue weighted by Gasteiger charge is -2.27. The van der Waals surface area contributed by atoms with Gasteiger partial charge in [-0.05, 0) is 23.9 Å². The summed E-state index contributed by atoms with van der Waals surface area (Å²) in [5, 5.41) is 11.3. The van der Waals surface area contributed by atoms with Crippen LogP contribution in [0.3, 0.4) is 0 Å². The lowest BCUT2D eigenvalue weighted by molar-refractivity contribution is -0.0614. The van der Waals surface area contributed by atoms with Crippen molar-refractivity contribution in [3.63, 3.8) is 0 Å². The van der Waals surface area contributed by atoms with E-state index in [1.807, 2.05) is 24.3 Å². The molecule has 5 N–H and O–H groups in total. The van der Waals surface area contributed by atoms with Crippen LogP contribution < -0.4 is 11.3 Å². The highest BCUT2D eigenvalue weighted by Crippen LogP contribution is 2.47. The number of thiazole rings is 1. The number of para-hydroxylation sites is 1. The summed E-state index contributed by atoms with van der Waals surface area (Å²) in [5.74, 6) is -0.0939. The van der Waals surface area contributed by atoms with Gasteiger partial charge in [0.1, 0.15) is 18.3 Å². The van der Waals surface area contributed by atoms with Crippen molar-refractivity contribution in [1.82, 2.24) is 24.5 Å². The van der Waals surface area contributed by atoms with Crippen LogP contribution in [0, 0.1) is 0 Å². The molecule has 0 radical (unpaired) electrons. The van der Waals surface area contributed by atoms with Crippen molar-refractivity contribution in [2.45, 2.75) is 34.0 Å². The summed E-state index contributed by atoms with van der Waals surface area (Å²) in [4.78, 5) is 37.9. The predicted molar refractivity (Wildman–Crippen MR) is 116 cm³/mol. The van der Waals surface area contributed by atoms with Crippen LogP contribution in [-0.2, 0) is 13.8 Å². The lowest BCUT2D eigenvalue weighted by Crippen LogP contribution is -2.38. The van der Waals surface area contributed by atoms with Gasteiger partial charge in [-0.15, -0.1) is 11.3 Å². The summed E-state index contributed by atoms with van der Waals surface area (Å²) in [6, 6.07) is 7.70. The monoisotopic (exact) mass is 494 g/mol. The molecule has 3 aromatic heterocycles. The van der Waals surface area contributed by atoms with E-state index in [0.717, 1.165) is 10.2 Å². The van der Waals surface area contributed by atoms with Crippen molar-refractivity contribution in [3.8, 4) is 0 Å². The van der Waals surface area contributed by atoms with Gasteiger partial charge in [0.05, 0.1) is 16.8 Å². The number of nitrogens with zero attached hydrogens (tertiary/aromatic N) is 4. The summed E-state index contributed by atoms with van der Waals surface area (Å²) in [5.41, 5.74) is 6.31. The normalized spacial score (nSPS) is 27.9. The third-order valence-electron chi connectivity index (χ3n) is 5.11. The topological polar surface area (TPSA) is 171 Å². The smallest absolute Gasteiger partial charge is 0.330 e. The summed E-state index contributed by atoms with van der Waals surface area (Å²) >= 11 is 2.69. The molecule has 0 amide bonds. The van der Waals surface area contributed by atoms with Crippen LogP contribution in [-0.4, -0.2) is 59.4 Å². The molecule has 2 saturated heterocycles. The Kier molecular flexibility index (Phi) is 4.93. The Bertz CT molecular complexity index is 1360. The number of aromatic amines is 1. The van der Waals surface area contributed by atoms with Gasteiger partial charge in [-0.3, -0.25) is 14.3 Å². The standard InChI is InChI=1S/C17H15N6O6PS2/c18-15-21-12-9(13(25)22-15)20-16(32-17-19-6-3-1-2-4-8(6)31-17)23(12)14-10(24)11-7(28-14)5-27-30(26)29-11/h1-4,7,10-11,14,24,26H,5H2,(H3,18,21,22,25). The van der Waals surface area contributed by atoms with Crippen molar-refractivity contribution in [2.75, 3.05) is 12.3 Å². The van der Waals surface area contributed by atoms with Crippen molar-refractivity contribution >= 4 is 59.0 Å². The predicted octanol–water partition coefficient (Wildman–Crippen LogP) is 1.36. The molecule has 2 aliphatic heterocycles. The molecule has 6 rings (SSSR count). The minimum absolute atomic E-state index is 0.0510. The molecule has 15 heteroatoms. The molecule has 0 bridgehead atoms. The molecule has 4 aromatic rings. The quantitative estimate of drug-likeness (QED) is 0.303. The maximum Gasteiger partial charge on any atom is 0.330 e. The summed E-state index contributed by atoms with van der Waals surface area (Å²) in [7, 11) is -2.10. The highest BCUT2D eigenvalue weighted by Gasteiger charge is 2.50. The molecule has 2 aliphatic rings. The van der Waals surface area contributed by atoms with E-state index in [9.17, 15) is 14.8 Å². The van der Waals surface area contributed by atoms with Gasteiger partial charge in [0, 0.05) is 0 Å². The van der Waals surface area contributed by atoms with Crippen LogP contribution in [0.1, 0.15) is 6.23 Å². The molecule has 5 unspecified atom stereocenters. The Morgan fingerprint density at radius 3 is 3.00 bits per heavy atom. The van der Waals surface area contributed by atoms with Crippen molar-refractivity contribution in [2.24, 2.45) is 0 Å². The average molecular weight is 494 g/mol. The number of anilines is 1. The van der Waals surface area contributed by atoms with Gasteiger partial charge in [0.2, 0.25) is 5.95 Å². The fourth-order valence-corrected chi connectivity index (χ4v) is 6.61. The Balaban J connectivity index is 1.47. The Labute approximate surface area is 188 Å². The summed E-state index contributed by atoms with van der Waals surface area (Å²) < 4.78 is 19.7. The van der Waals surface area contributed by atoms with Crippen LogP contribution in [0.2, 0.25) is 0 Å². The molecular weight excluding hydrogens is 479 g/mol. The number of hydrogen-bond acceptors (Lipinski definition) is 12. The third kappa shape index (κ3) is 3.31. The van der Waals surface area contributed by atoms with E-state index in [1.165, 1.54) is 27.7 Å². The summed E-state index contributed by atoms with van der Waals surface area (Å²) in [6.07, 6.45) is -3.58. The van der Waals surface area contributed by atoms with Crippen LogP contribution >= 0.6 is 31.7 Å². The zero-order valence-electron chi connectivity index (χ0n) is 16.0. The van der Waals surface area contributed by atoms with Gasteiger partial charge in [-0.1, -0.05) is 12.1 Å².